The van der Waals surface area contributed by atoms with Crippen molar-refractivity contribution >= 4 is 11.6 Å². The van der Waals surface area contributed by atoms with Gasteiger partial charge in [-0.2, -0.15) is 13.2 Å². The Kier molecular flexibility index (Phi) is 2.44. The van der Waals surface area contributed by atoms with E-state index in [1.54, 1.807) is 0 Å². The first kappa shape index (κ1) is 12.5. The molecule has 1 atom stereocenters. The summed E-state index contributed by atoms with van der Waals surface area (Å²) in [5.74, 6) is 0.459. The summed E-state index contributed by atoms with van der Waals surface area (Å²) in [5, 5.41) is 11.8. The molecule has 6 heteroatoms. The second-order valence-electron chi connectivity index (χ2n) is 5.28. The third kappa shape index (κ3) is 2.10. The van der Waals surface area contributed by atoms with Gasteiger partial charge in [0.15, 0.2) is 6.10 Å². The normalized spacial score (nSPS) is 29.4. The third-order valence-electron chi connectivity index (χ3n) is 3.93. The number of hydrogen-bond donors (Lipinski definition) is 2. The second-order valence-corrected chi connectivity index (χ2v) is 5.28. The predicted molar refractivity (Wildman–Crippen MR) is 61.2 cm³/mol. The first-order valence-electron chi connectivity index (χ1n) is 5.99. The molecule has 1 amide bonds. The molecule has 0 aromatic heterocycles. The highest BCUT2D eigenvalue weighted by Gasteiger charge is 2.74. The van der Waals surface area contributed by atoms with Crippen LogP contribution in [0, 0.1) is 11.3 Å². The summed E-state index contributed by atoms with van der Waals surface area (Å²) in [4.78, 5) is 11.8. The van der Waals surface area contributed by atoms with Crippen LogP contribution in [0.1, 0.15) is 24.5 Å². The molecule has 0 saturated heterocycles. The van der Waals surface area contributed by atoms with Crippen molar-refractivity contribution in [1.29, 1.82) is 0 Å². The zero-order valence-corrected chi connectivity index (χ0v) is 9.87. The topological polar surface area (TPSA) is 49.3 Å². The summed E-state index contributed by atoms with van der Waals surface area (Å²) in [7, 11) is 0. The molecule has 2 N–H and O–H groups in total. The standard InChI is InChI=1S/C13H12F3NO2/c14-13(15,16)10(18)7-1-3-9(4-2-7)17-11(19)12-5-8(12)6-12/h1-4,8,10,18H,5-6H2,(H,17,19). The first-order valence-corrected chi connectivity index (χ1v) is 5.99. The number of alkyl halides is 3. The Morgan fingerprint density at radius 1 is 1.32 bits per heavy atom. The highest BCUT2D eigenvalue weighted by atomic mass is 19.4. The van der Waals surface area contributed by atoms with E-state index in [0.717, 1.165) is 12.8 Å². The molecule has 2 saturated carbocycles. The molecule has 0 spiro atoms. The molecule has 1 aromatic rings. The van der Waals surface area contributed by atoms with E-state index >= 15 is 0 Å². The van der Waals surface area contributed by atoms with Gasteiger partial charge in [0.1, 0.15) is 0 Å². The minimum Gasteiger partial charge on any atom is -0.379 e. The van der Waals surface area contributed by atoms with Gasteiger partial charge in [0, 0.05) is 5.69 Å². The number of amides is 1. The summed E-state index contributed by atoms with van der Waals surface area (Å²) in [5.41, 5.74) is 0.0406. The summed E-state index contributed by atoms with van der Waals surface area (Å²) in [6.07, 6.45) is -5.33. The van der Waals surface area contributed by atoms with Gasteiger partial charge < -0.3 is 10.4 Å². The van der Waals surface area contributed by atoms with Crippen molar-refractivity contribution in [3.63, 3.8) is 0 Å². The van der Waals surface area contributed by atoms with Crippen molar-refractivity contribution in [3.8, 4) is 0 Å². The van der Waals surface area contributed by atoms with Crippen LogP contribution >= 0.6 is 0 Å². The van der Waals surface area contributed by atoms with Gasteiger partial charge in [0.2, 0.25) is 5.91 Å². The lowest BCUT2D eigenvalue weighted by atomic mass is 10.1. The van der Waals surface area contributed by atoms with Gasteiger partial charge in [-0.1, -0.05) is 12.1 Å². The smallest absolute Gasteiger partial charge is 0.379 e. The van der Waals surface area contributed by atoms with Crippen molar-refractivity contribution in [3.05, 3.63) is 29.8 Å². The Labute approximate surface area is 107 Å². The fourth-order valence-corrected chi connectivity index (χ4v) is 2.27. The molecule has 0 heterocycles. The number of halogens is 3. The second kappa shape index (κ2) is 3.72. The summed E-state index contributed by atoms with van der Waals surface area (Å²) in [6, 6.07) is 5.09. The zero-order valence-electron chi connectivity index (χ0n) is 9.87. The number of nitrogens with one attached hydrogen (secondary N) is 1. The van der Waals surface area contributed by atoms with Gasteiger partial charge in [-0.3, -0.25) is 4.79 Å². The number of rotatable bonds is 3. The summed E-state index contributed by atoms with van der Waals surface area (Å²) in [6.45, 7) is 0. The Hall–Kier alpha value is -1.56. The van der Waals surface area contributed by atoms with Crippen LogP contribution in [0.2, 0.25) is 0 Å². The van der Waals surface area contributed by atoms with Gasteiger partial charge in [-0.05, 0) is 36.5 Å². The lowest BCUT2D eigenvalue weighted by molar-refractivity contribution is -0.206. The van der Waals surface area contributed by atoms with Crippen LogP contribution in [0.5, 0.6) is 0 Å². The molecule has 102 valence electrons. The number of benzene rings is 1. The van der Waals surface area contributed by atoms with Crippen LogP contribution < -0.4 is 5.32 Å². The first-order chi connectivity index (χ1) is 8.83. The summed E-state index contributed by atoms with van der Waals surface area (Å²) >= 11 is 0. The van der Waals surface area contributed by atoms with Crippen LogP contribution in [0.3, 0.4) is 0 Å². The predicted octanol–water partition coefficient (Wildman–Crippen LogP) is 2.63. The van der Waals surface area contributed by atoms with Crippen molar-refractivity contribution < 1.29 is 23.1 Å². The van der Waals surface area contributed by atoms with Crippen LogP contribution in [-0.2, 0) is 4.79 Å². The van der Waals surface area contributed by atoms with Crippen molar-refractivity contribution in [1.82, 2.24) is 0 Å². The molecule has 1 unspecified atom stereocenters. The lowest BCUT2D eigenvalue weighted by Crippen LogP contribution is -2.20. The average Bonchev–Trinajstić information content (AvgIpc) is 3.16. The summed E-state index contributed by atoms with van der Waals surface area (Å²) < 4.78 is 36.9. The number of carbonyl (C=O) groups is 1. The van der Waals surface area contributed by atoms with E-state index < -0.39 is 12.3 Å². The lowest BCUT2D eigenvalue weighted by Gasteiger charge is -2.15. The molecule has 19 heavy (non-hydrogen) atoms. The van der Waals surface area contributed by atoms with Crippen LogP contribution in [0.25, 0.3) is 0 Å². The van der Waals surface area contributed by atoms with Crippen molar-refractivity contribution in [2.24, 2.45) is 11.3 Å². The Morgan fingerprint density at radius 2 is 1.84 bits per heavy atom. The van der Waals surface area contributed by atoms with Gasteiger partial charge in [0.05, 0.1) is 5.41 Å². The molecule has 3 rings (SSSR count). The third-order valence-corrected chi connectivity index (χ3v) is 3.93. The van der Waals surface area contributed by atoms with E-state index in [1.165, 1.54) is 24.3 Å². The van der Waals surface area contributed by atoms with Gasteiger partial charge in [0.25, 0.3) is 0 Å². The Morgan fingerprint density at radius 3 is 2.26 bits per heavy atom. The molecular weight excluding hydrogens is 259 g/mol. The fraction of sp³-hybridized carbons (Fsp3) is 0.462. The number of anilines is 1. The van der Waals surface area contributed by atoms with Crippen LogP contribution in [0.4, 0.5) is 18.9 Å². The highest BCUT2D eigenvalue weighted by Crippen LogP contribution is 2.75. The maximum Gasteiger partial charge on any atom is 0.418 e. The molecule has 2 fully saturated rings. The molecule has 0 bridgehead atoms. The molecule has 1 aromatic carbocycles. The Bertz CT molecular complexity index is 518. The zero-order chi connectivity index (χ0) is 13.8. The van der Waals surface area contributed by atoms with E-state index in [0.29, 0.717) is 11.6 Å². The Balaban J connectivity index is 1.67. The van der Waals surface area contributed by atoms with Gasteiger partial charge >= 0.3 is 6.18 Å². The van der Waals surface area contributed by atoms with Crippen LogP contribution in [0.15, 0.2) is 24.3 Å². The number of fused-ring (bicyclic) bond motifs is 1. The monoisotopic (exact) mass is 271 g/mol. The molecule has 0 radical (unpaired) electrons. The average molecular weight is 271 g/mol. The number of aliphatic hydroxyl groups is 1. The number of aliphatic hydroxyl groups excluding tert-OH is 1. The van der Waals surface area contributed by atoms with E-state index in [1.807, 2.05) is 0 Å². The molecule has 2 aliphatic carbocycles. The minimum absolute atomic E-state index is 0.0541. The van der Waals surface area contributed by atoms with E-state index in [4.69, 9.17) is 5.11 Å². The van der Waals surface area contributed by atoms with Crippen LogP contribution in [-0.4, -0.2) is 17.2 Å². The SMILES string of the molecule is O=C(Nc1ccc(C(O)C(F)(F)F)cc1)C12CC1C2. The molecule has 2 aliphatic rings. The van der Waals surface area contributed by atoms with Crippen molar-refractivity contribution in [2.45, 2.75) is 25.1 Å². The maximum absolute atomic E-state index is 12.3. The number of carbonyl (C=O) groups excluding carboxylic acids is 1. The van der Waals surface area contributed by atoms with E-state index in [9.17, 15) is 18.0 Å². The fourth-order valence-electron chi connectivity index (χ4n) is 2.27. The molecule has 0 aliphatic heterocycles. The number of hydrogen-bond acceptors (Lipinski definition) is 2. The molecule has 3 nitrogen and oxygen atoms in total. The van der Waals surface area contributed by atoms with E-state index in [-0.39, 0.29) is 16.9 Å². The molecular formula is C13H12F3NO2. The van der Waals surface area contributed by atoms with E-state index in [2.05, 4.69) is 5.32 Å². The maximum atomic E-state index is 12.3. The minimum atomic E-state index is -4.68. The highest BCUT2D eigenvalue weighted by molar-refractivity contribution is 6.00. The van der Waals surface area contributed by atoms with Crippen molar-refractivity contribution in [2.75, 3.05) is 5.32 Å². The van der Waals surface area contributed by atoms with Gasteiger partial charge in [-0.15, -0.1) is 0 Å². The van der Waals surface area contributed by atoms with Gasteiger partial charge in [-0.25, -0.2) is 0 Å². The quantitative estimate of drug-likeness (QED) is 0.887. The largest absolute Gasteiger partial charge is 0.418 e.